The van der Waals surface area contributed by atoms with Crippen LogP contribution in [0.2, 0.25) is 0 Å². The third-order valence-electron chi connectivity index (χ3n) is 3.97. The fraction of sp³-hybridized carbons (Fsp3) is 0.353. The van der Waals surface area contributed by atoms with E-state index in [-0.39, 0.29) is 23.0 Å². The molecule has 0 aliphatic heterocycles. The van der Waals surface area contributed by atoms with Crippen LogP contribution in [-0.2, 0) is 0 Å². The van der Waals surface area contributed by atoms with Crippen molar-refractivity contribution in [1.82, 2.24) is 9.78 Å². The topological polar surface area (TPSA) is 90.0 Å². The number of halogens is 1. The molecule has 0 aliphatic carbocycles. The predicted molar refractivity (Wildman–Crippen MR) is 89.5 cm³/mol. The minimum absolute atomic E-state index is 0.0779. The van der Waals surface area contributed by atoms with Crippen molar-refractivity contribution < 1.29 is 14.0 Å². The summed E-state index contributed by atoms with van der Waals surface area (Å²) in [7, 11) is 0. The summed E-state index contributed by atoms with van der Waals surface area (Å²) < 4.78 is 15.4. The van der Waals surface area contributed by atoms with E-state index in [0.717, 1.165) is 18.9 Å². The molecule has 0 unspecified atom stereocenters. The van der Waals surface area contributed by atoms with Gasteiger partial charge in [0.25, 0.3) is 11.8 Å². The molecule has 2 rings (SSSR count). The number of nitrogens with one attached hydrogen (secondary N) is 1. The number of nitrogens with two attached hydrogens (primary N) is 1. The minimum atomic E-state index is -0.813. The highest BCUT2D eigenvalue weighted by Crippen LogP contribution is 2.21. The summed E-state index contributed by atoms with van der Waals surface area (Å²) in [4.78, 5) is 23.8. The quantitative estimate of drug-likeness (QED) is 0.852. The standard InChI is InChI=1S/C17H21FN4O2/c1-4-11(5-2)22-7-6-14(21-22)17(24)20-15-8-10(3)13(18)9-12(15)16(19)23/h6-9,11H,4-5H2,1-3H3,(H2,19,23)(H,20,24). The molecule has 6 nitrogen and oxygen atoms in total. The summed E-state index contributed by atoms with van der Waals surface area (Å²) >= 11 is 0. The number of carbonyl (C=O) groups excluding carboxylic acids is 2. The molecule has 128 valence electrons. The fourth-order valence-corrected chi connectivity index (χ4v) is 2.50. The van der Waals surface area contributed by atoms with Crippen LogP contribution in [0, 0.1) is 12.7 Å². The lowest BCUT2D eigenvalue weighted by Crippen LogP contribution is -2.19. The molecule has 1 aromatic carbocycles. The second-order valence-electron chi connectivity index (χ2n) is 5.62. The summed E-state index contributed by atoms with van der Waals surface area (Å²) in [5.41, 5.74) is 5.87. The molecule has 0 spiro atoms. The van der Waals surface area contributed by atoms with Crippen LogP contribution >= 0.6 is 0 Å². The van der Waals surface area contributed by atoms with E-state index in [9.17, 15) is 14.0 Å². The van der Waals surface area contributed by atoms with Crippen LogP contribution in [0.1, 0.15) is 59.1 Å². The Morgan fingerprint density at radius 2 is 2.00 bits per heavy atom. The van der Waals surface area contributed by atoms with Gasteiger partial charge in [0.2, 0.25) is 0 Å². The van der Waals surface area contributed by atoms with E-state index in [1.165, 1.54) is 13.0 Å². The van der Waals surface area contributed by atoms with E-state index < -0.39 is 17.6 Å². The van der Waals surface area contributed by atoms with Gasteiger partial charge in [-0.3, -0.25) is 14.3 Å². The molecule has 0 fully saturated rings. The van der Waals surface area contributed by atoms with Gasteiger partial charge in [-0.1, -0.05) is 13.8 Å². The van der Waals surface area contributed by atoms with Gasteiger partial charge in [0, 0.05) is 6.20 Å². The lowest BCUT2D eigenvalue weighted by molar-refractivity contribution is 0.100. The normalized spacial score (nSPS) is 10.9. The Balaban J connectivity index is 2.27. The van der Waals surface area contributed by atoms with Gasteiger partial charge >= 0.3 is 0 Å². The third-order valence-corrected chi connectivity index (χ3v) is 3.97. The van der Waals surface area contributed by atoms with E-state index in [1.807, 2.05) is 0 Å². The maximum absolute atomic E-state index is 13.6. The smallest absolute Gasteiger partial charge is 0.276 e. The van der Waals surface area contributed by atoms with E-state index in [4.69, 9.17) is 5.73 Å². The zero-order valence-corrected chi connectivity index (χ0v) is 14.0. The molecular formula is C17H21FN4O2. The molecule has 7 heteroatoms. The summed E-state index contributed by atoms with van der Waals surface area (Å²) in [5, 5.41) is 6.86. The van der Waals surface area contributed by atoms with Crippen molar-refractivity contribution >= 4 is 17.5 Å². The molecule has 0 aliphatic rings. The SMILES string of the molecule is CCC(CC)n1ccc(C(=O)Nc2cc(C)c(F)cc2C(N)=O)n1. The first-order valence-electron chi connectivity index (χ1n) is 7.83. The second-order valence-corrected chi connectivity index (χ2v) is 5.62. The number of amides is 2. The number of aryl methyl sites for hydroxylation is 1. The van der Waals surface area contributed by atoms with E-state index in [0.29, 0.717) is 5.56 Å². The van der Waals surface area contributed by atoms with Crippen molar-refractivity contribution in [2.45, 2.75) is 39.7 Å². The van der Waals surface area contributed by atoms with Crippen molar-refractivity contribution in [3.8, 4) is 0 Å². The van der Waals surface area contributed by atoms with Crippen molar-refractivity contribution in [2.75, 3.05) is 5.32 Å². The van der Waals surface area contributed by atoms with Gasteiger partial charge < -0.3 is 11.1 Å². The van der Waals surface area contributed by atoms with Gasteiger partial charge in [-0.2, -0.15) is 5.10 Å². The van der Waals surface area contributed by atoms with Crippen LogP contribution in [-0.4, -0.2) is 21.6 Å². The van der Waals surface area contributed by atoms with Crippen LogP contribution in [0.5, 0.6) is 0 Å². The molecule has 1 aromatic heterocycles. The highest BCUT2D eigenvalue weighted by molar-refractivity contribution is 6.07. The molecule has 1 heterocycles. The number of hydrogen-bond acceptors (Lipinski definition) is 3. The second kappa shape index (κ2) is 7.25. The zero-order chi connectivity index (χ0) is 17.9. The Kier molecular flexibility index (Phi) is 5.33. The average Bonchev–Trinajstić information content (AvgIpc) is 3.01. The first kappa shape index (κ1) is 17.7. The van der Waals surface area contributed by atoms with Crippen LogP contribution in [0.3, 0.4) is 0 Å². The lowest BCUT2D eigenvalue weighted by Gasteiger charge is -2.12. The molecule has 2 aromatic rings. The van der Waals surface area contributed by atoms with E-state index >= 15 is 0 Å². The maximum atomic E-state index is 13.6. The zero-order valence-electron chi connectivity index (χ0n) is 14.0. The van der Waals surface area contributed by atoms with Gasteiger partial charge in [-0.25, -0.2) is 4.39 Å². The highest BCUT2D eigenvalue weighted by Gasteiger charge is 2.17. The first-order valence-corrected chi connectivity index (χ1v) is 7.83. The summed E-state index contributed by atoms with van der Waals surface area (Å²) in [5.74, 6) is -1.85. The summed E-state index contributed by atoms with van der Waals surface area (Å²) in [6.45, 7) is 5.64. The minimum Gasteiger partial charge on any atom is -0.366 e. The Morgan fingerprint density at radius 3 is 2.58 bits per heavy atom. The molecule has 0 bridgehead atoms. The number of hydrogen-bond donors (Lipinski definition) is 2. The Bertz CT molecular complexity index is 766. The average molecular weight is 332 g/mol. The Hall–Kier alpha value is -2.70. The van der Waals surface area contributed by atoms with Crippen LogP contribution in [0.25, 0.3) is 0 Å². The number of aromatic nitrogens is 2. The van der Waals surface area contributed by atoms with Gasteiger partial charge in [0.1, 0.15) is 5.82 Å². The van der Waals surface area contributed by atoms with Gasteiger partial charge in [0.15, 0.2) is 5.69 Å². The lowest BCUT2D eigenvalue weighted by atomic mass is 10.1. The van der Waals surface area contributed by atoms with Gasteiger partial charge in [-0.15, -0.1) is 0 Å². The molecule has 2 amide bonds. The number of carbonyl (C=O) groups is 2. The maximum Gasteiger partial charge on any atom is 0.276 e. The van der Waals surface area contributed by atoms with E-state index in [2.05, 4.69) is 24.3 Å². The predicted octanol–water partition coefficient (Wildman–Crippen LogP) is 3.04. The molecule has 0 radical (unpaired) electrons. The van der Waals surface area contributed by atoms with Crippen LogP contribution < -0.4 is 11.1 Å². The molecule has 24 heavy (non-hydrogen) atoms. The molecule has 0 saturated carbocycles. The third kappa shape index (κ3) is 3.61. The van der Waals surface area contributed by atoms with Crippen molar-refractivity contribution in [3.05, 3.63) is 47.0 Å². The number of benzene rings is 1. The van der Waals surface area contributed by atoms with Crippen molar-refractivity contribution in [3.63, 3.8) is 0 Å². The molecule has 3 N–H and O–H groups in total. The molecular weight excluding hydrogens is 311 g/mol. The van der Waals surface area contributed by atoms with Crippen LogP contribution in [0.4, 0.5) is 10.1 Å². The first-order chi connectivity index (χ1) is 11.4. The summed E-state index contributed by atoms with van der Waals surface area (Å²) in [6.07, 6.45) is 3.56. The van der Waals surface area contributed by atoms with E-state index in [1.54, 1.807) is 16.9 Å². The van der Waals surface area contributed by atoms with Crippen LogP contribution in [0.15, 0.2) is 24.4 Å². The Labute approximate surface area is 139 Å². The number of nitrogens with zero attached hydrogens (tertiary/aromatic N) is 2. The number of primary amides is 1. The van der Waals surface area contributed by atoms with Gasteiger partial charge in [-0.05, 0) is 43.5 Å². The fourth-order valence-electron chi connectivity index (χ4n) is 2.50. The van der Waals surface area contributed by atoms with Gasteiger partial charge in [0.05, 0.1) is 17.3 Å². The number of anilines is 1. The highest BCUT2D eigenvalue weighted by atomic mass is 19.1. The summed E-state index contributed by atoms with van der Waals surface area (Å²) in [6, 6.07) is 4.23. The Morgan fingerprint density at radius 1 is 1.33 bits per heavy atom. The van der Waals surface area contributed by atoms with Crippen molar-refractivity contribution in [2.24, 2.45) is 5.73 Å². The molecule has 0 saturated heterocycles. The number of rotatable bonds is 6. The van der Waals surface area contributed by atoms with Crippen molar-refractivity contribution in [1.29, 1.82) is 0 Å². The monoisotopic (exact) mass is 332 g/mol. The molecule has 0 atom stereocenters. The largest absolute Gasteiger partial charge is 0.366 e.